The average molecular weight is 235 g/mol. The molecule has 3 aromatic rings. The van der Waals surface area contributed by atoms with E-state index in [9.17, 15) is 4.79 Å². The van der Waals surface area contributed by atoms with Crippen molar-refractivity contribution in [2.45, 2.75) is 6.42 Å². The number of fused-ring (bicyclic) bond motifs is 4. The topological polar surface area (TPSA) is 43.1 Å². The van der Waals surface area contributed by atoms with E-state index < -0.39 is 0 Å². The molecule has 0 aliphatic heterocycles. The number of pyridine rings is 1. The first-order chi connectivity index (χ1) is 8.83. The summed E-state index contributed by atoms with van der Waals surface area (Å²) < 4.78 is 5.65. The Bertz CT molecular complexity index is 827. The van der Waals surface area contributed by atoms with Crippen LogP contribution in [-0.2, 0) is 0 Å². The summed E-state index contributed by atoms with van der Waals surface area (Å²) in [7, 11) is 0. The van der Waals surface area contributed by atoms with Crippen LogP contribution in [0, 0.1) is 0 Å². The van der Waals surface area contributed by atoms with Crippen molar-refractivity contribution in [2.75, 3.05) is 0 Å². The summed E-state index contributed by atoms with van der Waals surface area (Å²) in [5.41, 5.74) is 2.09. The van der Waals surface area contributed by atoms with Gasteiger partial charge in [-0.1, -0.05) is 24.3 Å². The van der Waals surface area contributed by atoms with E-state index >= 15 is 0 Å². The molecule has 18 heavy (non-hydrogen) atoms. The third-order valence-corrected chi connectivity index (χ3v) is 3.26. The summed E-state index contributed by atoms with van der Waals surface area (Å²) in [4.78, 5) is 16.4. The van der Waals surface area contributed by atoms with Gasteiger partial charge in [-0.2, -0.15) is 0 Å². The van der Waals surface area contributed by atoms with Crippen LogP contribution in [0.25, 0.3) is 28.1 Å². The van der Waals surface area contributed by atoms with Gasteiger partial charge in [0.1, 0.15) is 5.76 Å². The van der Waals surface area contributed by atoms with E-state index in [0.29, 0.717) is 23.5 Å². The molecule has 0 fully saturated rings. The molecule has 1 aliphatic carbocycles. The first-order valence-electron chi connectivity index (χ1n) is 5.85. The lowest BCUT2D eigenvalue weighted by Crippen LogP contribution is -2.01. The number of nitrogens with zero attached hydrogens (tertiary/aromatic N) is 1. The number of ketones is 1. The third-order valence-electron chi connectivity index (χ3n) is 3.26. The van der Waals surface area contributed by atoms with Crippen molar-refractivity contribution in [2.24, 2.45) is 0 Å². The number of carbonyl (C=O) groups excluding carboxylic acids is 1. The van der Waals surface area contributed by atoms with Gasteiger partial charge in [-0.05, 0) is 18.2 Å². The predicted molar refractivity (Wildman–Crippen MR) is 69.5 cm³/mol. The van der Waals surface area contributed by atoms with Crippen LogP contribution < -0.4 is 0 Å². The van der Waals surface area contributed by atoms with Crippen LogP contribution in [-0.4, -0.2) is 10.8 Å². The lowest BCUT2D eigenvalue weighted by molar-refractivity contribution is 0.0995. The highest BCUT2D eigenvalue weighted by molar-refractivity contribution is 6.12. The number of furan rings is 1. The van der Waals surface area contributed by atoms with Crippen molar-refractivity contribution in [3.8, 4) is 0 Å². The van der Waals surface area contributed by atoms with E-state index in [0.717, 1.165) is 16.3 Å². The van der Waals surface area contributed by atoms with Crippen molar-refractivity contribution in [3.05, 3.63) is 47.7 Å². The fraction of sp³-hybridized carbons (Fsp3) is 0.0667. The van der Waals surface area contributed by atoms with Crippen LogP contribution in [0.1, 0.15) is 22.5 Å². The lowest BCUT2D eigenvalue weighted by Gasteiger charge is -2.01. The lowest BCUT2D eigenvalue weighted by atomic mass is 10.00. The molecular formula is C15H9NO2. The van der Waals surface area contributed by atoms with Gasteiger partial charge in [0, 0.05) is 11.8 Å². The molecule has 2 heterocycles. The second-order valence-electron chi connectivity index (χ2n) is 4.40. The number of hydrogen-bond donors (Lipinski definition) is 0. The largest absolute Gasteiger partial charge is 0.438 e. The van der Waals surface area contributed by atoms with Gasteiger partial charge >= 0.3 is 0 Å². The fourth-order valence-corrected chi connectivity index (χ4v) is 2.42. The van der Waals surface area contributed by atoms with E-state index in [-0.39, 0.29) is 5.78 Å². The molecule has 1 aliphatic rings. The first kappa shape index (κ1) is 9.59. The number of allylic oxidation sites excluding steroid dienone is 1. The zero-order chi connectivity index (χ0) is 12.1. The monoisotopic (exact) mass is 235 g/mol. The molecule has 0 amide bonds. The quantitative estimate of drug-likeness (QED) is 0.598. The standard InChI is InChI=1S/C15H9NO2/c17-12-6-3-7-13-14(12)10-8-9-4-1-2-5-11(9)16-15(10)18-13/h1-5,7-8H,6H2. The maximum absolute atomic E-state index is 12.0. The second kappa shape index (κ2) is 3.29. The van der Waals surface area contributed by atoms with Gasteiger partial charge in [-0.15, -0.1) is 0 Å². The van der Waals surface area contributed by atoms with Crippen LogP contribution in [0.15, 0.2) is 40.8 Å². The van der Waals surface area contributed by atoms with Gasteiger partial charge in [0.05, 0.1) is 16.5 Å². The summed E-state index contributed by atoms with van der Waals surface area (Å²) >= 11 is 0. The highest BCUT2D eigenvalue weighted by Crippen LogP contribution is 2.31. The predicted octanol–water partition coefficient (Wildman–Crippen LogP) is 3.58. The average Bonchev–Trinajstić information content (AvgIpc) is 2.74. The maximum atomic E-state index is 12.0. The highest BCUT2D eigenvalue weighted by atomic mass is 16.3. The molecule has 0 saturated carbocycles. The zero-order valence-corrected chi connectivity index (χ0v) is 9.51. The molecule has 0 N–H and O–H groups in total. The molecule has 0 spiro atoms. The van der Waals surface area contributed by atoms with Crippen molar-refractivity contribution < 1.29 is 9.21 Å². The fourth-order valence-electron chi connectivity index (χ4n) is 2.42. The third kappa shape index (κ3) is 1.19. The molecule has 2 aromatic heterocycles. The smallest absolute Gasteiger partial charge is 0.228 e. The highest BCUT2D eigenvalue weighted by Gasteiger charge is 2.22. The molecule has 3 heteroatoms. The Hall–Kier alpha value is -2.42. The Kier molecular flexibility index (Phi) is 1.75. The van der Waals surface area contributed by atoms with Crippen LogP contribution >= 0.6 is 0 Å². The second-order valence-corrected chi connectivity index (χ2v) is 4.40. The number of aromatic nitrogens is 1. The van der Waals surface area contributed by atoms with Gasteiger partial charge in [-0.3, -0.25) is 4.79 Å². The van der Waals surface area contributed by atoms with Gasteiger partial charge in [0.15, 0.2) is 5.78 Å². The Morgan fingerprint density at radius 2 is 2.11 bits per heavy atom. The van der Waals surface area contributed by atoms with Crippen molar-refractivity contribution in [3.63, 3.8) is 0 Å². The maximum Gasteiger partial charge on any atom is 0.228 e. The van der Waals surface area contributed by atoms with Gasteiger partial charge in [-0.25, -0.2) is 4.98 Å². The Labute approximate surface area is 103 Å². The van der Waals surface area contributed by atoms with Crippen LogP contribution in [0.3, 0.4) is 0 Å². The van der Waals surface area contributed by atoms with Crippen LogP contribution in [0.2, 0.25) is 0 Å². The van der Waals surface area contributed by atoms with E-state index in [4.69, 9.17) is 4.42 Å². The summed E-state index contributed by atoms with van der Waals surface area (Å²) in [6.45, 7) is 0. The molecule has 0 bridgehead atoms. The van der Waals surface area contributed by atoms with Crippen molar-refractivity contribution in [1.29, 1.82) is 0 Å². The Balaban J connectivity index is 2.18. The van der Waals surface area contributed by atoms with Crippen molar-refractivity contribution >= 4 is 33.9 Å². The number of hydrogen-bond acceptors (Lipinski definition) is 3. The Morgan fingerprint density at radius 3 is 3.06 bits per heavy atom. The van der Waals surface area contributed by atoms with Crippen LogP contribution in [0.5, 0.6) is 0 Å². The summed E-state index contributed by atoms with van der Waals surface area (Å²) in [5.74, 6) is 0.729. The minimum Gasteiger partial charge on any atom is -0.438 e. The van der Waals surface area contributed by atoms with E-state index in [1.165, 1.54) is 0 Å². The minimum absolute atomic E-state index is 0.100. The molecule has 1 aromatic carbocycles. The molecular weight excluding hydrogens is 226 g/mol. The summed E-state index contributed by atoms with van der Waals surface area (Å²) in [5, 5.41) is 1.84. The first-order valence-corrected chi connectivity index (χ1v) is 5.85. The molecule has 86 valence electrons. The number of rotatable bonds is 0. The SMILES string of the molecule is O=C1CC=Cc2oc3nc4ccccc4cc3c21. The number of carbonyl (C=O) groups is 1. The van der Waals surface area contributed by atoms with Crippen LogP contribution in [0.4, 0.5) is 0 Å². The number of Topliss-reactive ketones (excluding diaryl/α,β-unsaturated/α-hetero) is 1. The van der Waals surface area contributed by atoms with E-state index in [2.05, 4.69) is 4.98 Å². The molecule has 0 saturated heterocycles. The van der Waals surface area contributed by atoms with Crippen molar-refractivity contribution in [1.82, 2.24) is 4.98 Å². The zero-order valence-electron chi connectivity index (χ0n) is 9.51. The molecule has 0 radical (unpaired) electrons. The normalized spacial score (nSPS) is 14.3. The molecule has 3 nitrogen and oxygen atoms in total. The summed E-state index contributed by atoms with van der Waals surface area (Å²) in [6.07, 6.45) is 4.12. The summed E-state index contributed by atoms with van der Waals surface area (Å²) in [6, 6.07) is 9.81. The molecule has 0 atom stereocenters. The molecule has 4 rings (SSSR count). The molecule has 0 unspecified atom stereocenters. The Morgan fingerprint density at radius 1 is 1.22 bits per heavy atom. The van der Waals surface area contributed by atoms with Gasteiger partial charge in [0.2, 0.25) is 5.71 Å². The number of para-hydroxylation sites is 1. The minimum atomic E-state index is 0.100. The van der Waals surface area contributed by atoms with Gasteiger partial charge in [0.25, 0.3) is 0 Å². The van der Waals surface area contributed by atoms with E-state index in [1.807, 2.05) is 42.5 Å². The van der Waals surface area contributed by atoms with Gasteiger partial charge < -0.3 is 4.42 Å². The van der Waals surface area contributed by atoms with E-state index in [1.54, 1.807) is 0 Å². The number of benzene rings is 1.